The highest BCUT2D eigenvalue weighted by Crippen LogP contribution is 2.34. The van der Waals surface area contributed by atoms with Crippen LogP contribution in [-0.2, 0) is 4.79 Å². The smallest absolute Gasteiger partial charge is 0.264 e. The maximum absolute atomic E-state index is 13.0. The van der Waals surface area contributed by atoms with Crippen molar-refractivity contribution < 1.29 is 14.3 Å². The van der Waals surface area contributed by atoms with Crippen LogP contribution in [-0.4, -0.2) is 50.7 Å². The third-order valence-corrected chi connectivity index (χ3v) is 5.62. The Balaban J connectivity index is 1.75. The minimum Gasteiger partial charge on any atom is -0.493 e. The van der Waals surface area contributed by atoms with Crippen LogP contribution in [0.15, 0.2) is 52.5 Å². The highest BCUT2D eigenvalue weighted by molar-refractivity contribution is 9.10. The number of carbonyl (C=O) groups is 1. The Labute approximate surface area is 190 Å². The molecule has 2 aromatic rings. The van der Waals surface area contributed by atoms with Crippen LogP contribution in [0, 0.1) is 23.7 Å². The number of nitriles is 1. The quantitative estimate of drug-likeness (QED) is 0.358. The normalized spacial score (nSPS) is 13.9. The number of methoxy groups -OCH3 is 1. The van der Waals surface area contributed by atoms with Crippen LogP contribution >= 0.6 is 15.9 Å². The number of terminal acetylenes is 1. The van der Waals surface area contributed by atoms with Crippen molar-refractivity contribution in [1.82, 2.24) is 4.90 Å². The lowest BCUT2D eigenvalue weighted by atomic mass is 10.1. The van der Waals surface area contributed by atoms with Crippen molar-refractivity contribution in [2.75, 3.05) is 44.8 Å². The Bertz CT molecular complexity index is 1050. The van der Waals surface area contributed by atoms with Crippen molar-refractivity contribution in [2.24, 2.45) is 0 Å². The fourth-order valence-electron chi connectivity index (χ4n) is 3.33. The molecule has 158 valence electrons. The Morgan fingerprint density at radius 2 is 1.90 bits per heavy atom. The predicted molar refractivity (Wildman–Crippen MR) is 124 cm³/mol. The van der Waals surface area contributed by atoms with E-state index in [0.29, 0.717) is 47.7 Å². The number of para-hydroxylation sites is 1. The molecule has 0 N–H and O–H groups in total. The highest BCUT2D eigenvalue weighted by atomic mass is 79.9. The Kier molecular flexibility index (Phi) is 7.59. The van der Waals surface area contributed by atoms with Crippen molar-refractivity contribution in [3.63, 3.8) is 0 Å². The zero-order valence-electron chi connectivity index (χ0n) is 17.2. The van der Waals surface area contributed by atoms with E-state index >= 15 is 0 Å². The van der Waals surface area contributed by atoms with E-state index in [0.717, 1.165) is 5.69 Å². The minimum atomic E-state index is -0.284. The molecule has 1 aliphatic rings. The molecule has 0 aromatic heterocycles. The zero-order valence-corrected chi connectivity index (χ0v) is 18.8. The van der Waals surface area contributed by atoms with Crippen LogP contribution in [0.5, 0.6) is 11.5 Å². The topological polar surface area (TPSA) is 65.8 Å². The molecule has 1 saturated heterocycles. The van der Waals surface area contributed by atoms with Gasteiger partial charge in [-0.2, -0.15) is 5.26 Å². The summed E-state index contributed by atoms with van der Waals surface area (Å²) in [6, 6.07) is 15.5. The number of halogens is 1. The van der Waals surface area contributed by atoms with Crippen LogP contribution in [0.3, 0.4) is 0 Å². The van der Waals surface area contributed by atoms with Crippen LogP contribution < -0.4 is 14.4 Å². The fourth-order valence-corrected chi connectivity index (χ4v) is 3.76. The summed E-state index contributed by atoms with van der Waals surface area (Å²) in [4.78, 5) is 16.9. The lowest BCUT2D eigenvalue weighted by Crippen LogP contribution is -2.49. The van der Waals surface area contributed by atoms with Gasteiger partial charge in [0.25, 0.3) is 5.91 Å². The number of rotatable bonds is 6. The molecule has 0 spiro atoms. The SMILES string of the molecule is C#CCOc1cc(Br)c(/C=C(/C#N)C(=O)N2CCN(c3ccccc3)CC2)cc1OC. The first-order valence-corrected chi connectivity index (χ1v) is 10.5. The summed E-state index contributed by atoms with van der Waals surface area (Å²) in [6.45, 7) is 2.64. The van der Waals surface area contributed by atoms with Crippen LogP contribution in [0.4, 0.5) is 5.69 Å². The molecule has 2 aromatic carbocycles. The van der Waals surface area contributed by atoms with Gasteiger partial charge in [-0.05, 0) is 35.9 Å². The van der Waals surface area contributed by atoms with E-state index in [1.54, 1.807) is 23.1 Å². The Morgan fingerprint density at radius 1 is 1.19 bits per heavy atom. The summed E-state index contributed by atoms with van der Waals surface area (Å²) in [5.74, 6) is 3.06. The van der Waals surface area contributed by atoms with Gasteiger partial charge in [0.1, 0.15) is 18.2 Å². The molecule has 0 saturated carbocycles. The number of nitrogens with zero attached hydrogens (tertiary/aromatic N) is 3. The molecule has 0 atom stereocenters. The minimum absolute atomic E-state index is 0.0632. The van der Waals surface area contributed by atoms with E-state index in [9.17, 15) is 10.1 Å². The van der Waals surface area contributed by atoms with Gasteiger partial charge in [-0.15, -0.1) is 6.42 Å². The van der Waals surface area contributed by atoms with E-state index in [4.69, 9.17) is 15.9 Å². The highest BCUT2D eigenvalue weighted by Gasteiger charge is 2.24. The average molecular weight is 480 g/mol. The van der Waals surface area contributed by atoms with Crippen molar-refractivity contribution in [1.29, 1.82) is 5.26 Å². The molecule has 6 nitrogen and oxygen atoms in total. The molecule has 1 fully saturated rings. The molecular weight excluding hydrogens is 458 g/mol. The van der Waals surface area contributed by atoms with Crippen molar-refractivity contribution in [2.45, 2.75) is 0 Å². The molecule has 0 radical (unpaired) electrons. The predicted octanol–water partition coefficient (Wildman–Crippen LogP) is 3.73. The van der Waals surface area contributed by atoms with Gasteiger partial charge in [-0.3, -0.25) is 4.79 Å². The molecule has 1 aliphatic heterocycles. The molecule has 1 amide bonds. The van der Waals surface area contributed by atoms with Gasteiger partial charge in [0.05, 0.1) is 7.11 Å². The van der Waals surface area contributed by atoms with Gasteiger partial charge in [0.15, 0.2) is 11.5 Å². The third-order valence-electron chi connectivity index (χ3n) is 4.93. The molecule has 31 heavy (non-hydrogen) atoms. The first kappa shape index (κ1) is 22.3. The number of hydrogen-bond donors (Lipinski definition) is 0. The van der Waals surface area contributed by atoms with Crippen LogP contribution in [0.25, 0.3) is 6.08 Å². The van der Waals surface area contributed by atoms with Crippen molar-refractivity contribution in [3.8, 4) is 29.9 Å². The Morgan fingerprint density at radius 3 is 2.52 bits per heavy atom. The van der Waals surface area contributed by atoms with Gasteiger partial charge < -0.3 is 19.3 Å². The fraction of sp³-hybridized carbons (Fsp3) is 0.250. The number of carbonyl (C=O) groups excluding carboxylic acids is 1. The third kappa shape index (κ3) is 5.39. The number of piperazine rings is 1. The van der Waals surface area contributed by atoms with Crippen molar-refractivity contribution in [3.05, 3.63) is 58.1 Å². The second-order valence-corrected chi connectivity index (χ2v) is 7.66. The summed E-state index contributed by atoms with van der Waals surface area (Å²) in [6.07, 6.45) is 6.81. The monoisotopic (exact) mass is 479 g/mol. The molecule has 0 aliphatic carbocycles. The summed E-state index contributed by atoms with van der Waals surface area (Å²) in [5.41, 5.74) is 1.83. The van der Waals surface area contributed by atoms with Gasteiger partial charge in [0, 0.05) is 36.3 Å². The van der Waals surface area contributed by atoms with Gasteiger partial charge in [-0.1, -0.05) is 40.0 Å². The van der Waals surface area contributed by atoms with E-state index in [1.165, 1.54) is 7.11 Å². The zero-order chi connectivity index (χ0) is 22.2. The van der Waals surface area contributed by atoms with Crippen molar-refractivity contribution >= 4 is 33.6 Å². The maximum Gasteiger partial charge on any atom is 0.264 e. The molecule has 0 bridgehead atoms. The second kappa shape index (κ2) is 10.6. The molecule has 7 heteroatoms. The standard InChI is InChI=1S/C24H22BrN3O3/c1-3-13-31-23-16-21(25)18(15-22(23)30-2)14-19(17-26)24(29)28-11-9-27(10-12-28)20-7-5-4-6-8-20/h1,4-8,14-16H,9-13H2,2H3/b19-14-. The second-order valence-electron chi connectivity index (χ2n) is 6.80. The molecule has 1 heterocycles. The van der Waals surface area contributed by atoms with E-state index in [-0.39, 0.29) is 18.1 Å². The molecular formula is C24H22BrN3O3. The average Bonchev–Trinajstić information content (AvgIpc) is 2.82. The van der Waals surface area contributed by atoms with E-state index < -0.39 is 0 Å². The lowest BCUT2D eigenvalue weighted by molar-refractivity contribution is -0.126. The van der Waals surface area contributed by atoms with Gasteiger partial charge >= 0.3 is 0 Å². The molecule has 0 unspecified atom stereocenters. The number of benzene rings is 2. The lowest BCUT2D eigenvalue weighted by Gasteiger charge is -2.36. The largest absolute Gasteiger partial charge is 0.493 e. The number of ether oxygens (including phenoxy) is 2. The van der Waals surface area contributed by atoms with Crippen LogP contribution in [0.1, 0.15) is 5.56 Å². The Hall–Kier alpha value is -3.42. The first-order valence-electron chi connectivity index (χ1n) is 9.72. The van der Waals surface area contributed by atoms with E-state index in [1.807, 2.05) is 24.3 Å². The summed E-state index contributed by atoms with van der Waals surface area (Å²) < 4.78 is 11.5. The summed E-state index contributed by atoms with van der Waals surface area (Å²) in [5, 5.41) is 9.64. The van der Waals surface area contributed by atoms with Gasteiger partial charge in [0.2, 0.25) is 0 Å². The first-order chi connectivity index (χ1) is 15.1. The molecule has 3 rings (SSSR count). The maximum atomic E-state index is 13.0. The van der Waals surface area contributed by atoms with Gasteiger partial charge in [-0.25, -0.2) is 0 Å². The summed E-state index contributed by atoms with van der Waals surface area (Å²) in [7, 11) is 1.52. The number of amides is 1. The van der Waals surface area contributed by atoms with Crippen LogP contribution in [0.2, 0.25) is 0 Å². The number of hydrogen-bond acceptors (Lipinski definition) is 5. The number of anilines is 1. The summed E-state index contributed by atoms with van der Waals surface area (Å²) >= 11 is 3.47. The van der Waals surface area contributed by atoms with E-state index in [2.05, 4.69) is 38.9 Å².